The van der Waals surface area contributed by atoms with E-state index in [2.05, 4.69) is 34.3 Å². The summed E-state index contributed by atoms with van der Waals surface area (Å²) in [5.74, 6) is 0.197. The average molecular weight is 383 g/mol. The van der Waals surface area contributed by atoms with Gasteiger partial charge in [0.1, 0.15) is 0 Å². The lowest BCUT2D eigenvalue weighted by atomic mass is 9.73. The van der Waals surface area contributed by atoms with Crippen LogP contribution in [0.2, 0.25) is 0 Å². The Balaban J connectivity index is 1.40. The van der Waals surface area contributed by atoms with Gasteiger partial charge in [-0.15, -0.1) is 0 Å². The molecule has 6 nitrogen and oxygen atoms in total. The van der Waals surface area contributed by atoms with Crippen molar-refractivity contribution in [1.29, 1.82) is 0 Å². The molecular weight excluding hydrogens is 352 g/mol. The number of benzene rings is 1. The summed E-state index contributed by atoms with van der Waals surface area (Å²) in [4.78, 5) is 16.6. The van der Waals surface area contributed by atoms with Crippen LogP contribution < -0.4 is 0 Å². The third-order valence-electron chi connectivity index (χ3n) is 6.16. The van der Waals surface area contributed by atoms with E-state index in [1.54, 1.807) is 0 Å². The smallest absolute Gasteiger partial charge is 0.222 e. The Labute approximate surface area is 166 Å². The Morgan fingerprint density at radius 3 is 2.75 bits per heavy atom. The van der Waals surface area contributed by atoms with Crippen LogP contribution in [0.15, 0.2) is 42.7 Å². The third kappa shape index (κ3) is 4.45. The number of piperidine rings is 2. The lowest BCUT2D eigenvalue weighted by Gasteiger charge is -2.48. The first-order chi connectivity index (χ1) is 13.7. The number of aliphatic hydroxyl groups is 1. The maximum atomic E-state index is 12.1. The van der Waals surface area contributed by atoms with Gasteiger partial charge < -0.3 is 10.0 Å². The number of hydrogen-bond donors (Lipinski definition) is 1. The number of aliphatic hydroxyl groups excluding tert-OH is 1. The second-order valence-electron chi connectivity index (χ2n) is 8.38. The van der Waals surface area contributed by atoms with Gasteiger partial charge in [0.05, 0.1) is 13.2 Å². The van der Waals surface area contributed by atoms with Crippen molar-refractivity contribution in [3.05, 3.63) is 53.9 Å². The van der Waals surface area contributed by atoms with E-state index in [9.17, 15) is 9.90 Å². The van der Waals surface area contributed by atoms with Crippen molar-refractivity contribution in [3.8, 4) is 0 Å². The minimum atomic E-state index is 0.0502. The number of nitrogens with zero attached hydrogens (tertiary/aromatic N) is 4. The van der Waals surface area contributed by atoms with Gasteiger partial charge >= 0.3 is 0 Å². The van der Waals surface area contributed by atoms with Crippen molar-refractivity contribution in [2.45, 2.75) is 38.8 Å². The van der Waals surface area contributed by atoms with E-state index in [4.69, 9.17) is 0 Å². The average Bonchev–Trinajstić information content (AvgIpc) is 3.19. The highest BCUT2D eigenvalue weighted by Gasteiger charge is 2.41. The Hall–Kier alpha value is -2.18. The van der Waals surface area contributed by atoms with Crippen molar-refractivity contribution in [3.63, 3.8) is 0 Å². The van der Waals surface area contributed by atoms with E-state index >= 15 is 0 Å². The number of carbonyl (C=O) groups is 1. The highest BCUT2D eigenvalue weighted by Crippen LogP contribution is 2.39. The maximum absolute atomic E-state index is 12.1. The maximum Gasteiger partial charge on any atom is 0.222 e. The highest BCUT2D eigenvalue weighted by molar-refractivity contribution is 5.77. The number of amides is 1. The van der Waals surface area contributed by atoms with E-state index in [-0.39, 0.29) is 17.9 Å². The van der Waals surface area contributed by atoms with E-state index in [1.807, 2.05) is 28.0 Å². The molecule has 4 rings (SSSR count). The fourth-order valence-electron chi connectivity index (χ4n) is 4.87. The molecule has 1 aromatic heterocycles. The monoisotopic (exact) mass is 382 g/mol. The van der Waals surface area contributed by atoms with Crippen LogP contribution in [0.1, 0.15) is 36.8 Å². The van der Waals surface area contributed by atoms with Crippen LogP contribution in [-0.2, 0) is 17.9 Å². The zero-order valence-corrected chi connectivity index (χ0v) is 16.5. The van der Waals surface area contributed by atoms with Crippen LogP contribution >= 0.6 is 0 Å². The molecule has 6 heteroatoms. The molecule has 1 spiro atoms. The van der Waals surface area contributed by atoms with E-state index < -0.39 is 0 Å². The van der Waals surface area contributed by atoms with Crippen LogP contribution in [0.5, 0.6) is 0 Å². The number of likely N-dealkylation sites (tertiary alicyclic amines) is 2. The molecule has 150 valence electrons. The third-order valence-corrected chi connectivity index (χ3v) is 6.16. The predicted octanol–water partition coefficient (Wildman–Crippen LogP) is 2.13. The topological polar surface area (TPSA) is 61.6 Å². The van der Waals surface area contributed by atoms with Gasteiger partial charge in [0.15, 0.2) is 0 Å². The molecule has 2 aliphatic rings. The van der Waals surface area contributed by atoms with Crippen molar-refractivity contribution in [2.75, 3.05) is 32.8 Å². The van der Waals surface area contributed by atoms with Crippen LogP contribution in [0.25, 0.3) is 0 Å². The number of hydrogen-bond acceptors (Lipinski definition) is 4. The second kappa shape index (κ2) is 8.45. The van der Waals surface area contributed by atoms with Gasteiger partial charge in [-0.3, -0.25) is 14.4 Å². The van der Waals surface area contributed by atoms with Crippen LogP contribution in [0.4, 0.5) is 0 Å². The van der Waals surface area contributed by atoms with Crippen LogP contribution in [0.3, 0.4) is 0 Å². The second-order valence-corrected chi connectivity index (χ2v) is 8.38. The minimum absolute atomic E-state index is 0.0502. The molecule has 1 atom stereocenters. The normalized spacial score (nSPS) is 23.5. The summed E-state index contributed by atoms with van der Waals surface area (Å²) >= 11 is 0. The van der Waals surface area contributed by atoms with Gasteiger partial charge in [-0.2, -0.15) is 5.10 Å². The van der Waals surface area contributed by atoms with E-state index in [0.29, 0.717) is 13.0 Å². The molecule has 3 heterocycles. The molecule has 1 N–H and O–H groups in total. The summed E-state index contributed by atoms with van der Waals surface area (Å²) < 4.78 is 1.95. The minimum Gasteiger partial charge on any atom is -0.395 e. The molecule has 2 aromatic rings. The summed E-state index contributed by atoms with van der Waals surface area (Å²) in [6.07, 6.45) is 7.75. The number of rotatable bonds is 6. The zero-order valence-electron chi connectivity index (χ0n) is 16.5. The fourth-order valence-corrected chi connectivity index (χ4v) is 4.87. The zero-order chi connectivity index (χ0) is 19.4. The predicted molar refractivity (Wildman–Crippen MR) is 108 cm³/mol. The standard InChI is InChI=1S/C22H30N4O2/c27-13-12-25-18-22(8-6-21(25)28)7-2-10-24(17-22)15-19-4-1-5-20(14-19)16-26-11-3-9-23-26/h1,3-5,9,11,14,27H,2,6-8,10,12-13,15-18H2/t22-/m0/s1. The van der Waals surface area contributed by atoms with E-state index in [1.165, 1.54) is 24.0 Å². The molecule has 2 fully saturated rings. The van der Waals surface area contributed by atoms with Crippen LogP contribution in [-0.4, -0.2) is 63.4 Å². The molecule has 1 aromatic carbocycles. The van der Waals surface area contributed by atoms with Crippen LogP contribution in [0, 0.1) is 5.41 Å². The molecule has 1 amide bonds. The fraction of sp³-hybridized carbons (Fsp3) is 0.545. The van der Waals surface area contributed by atoms with Gasteiger partial charge in [-0.1, -0.05) is 24.3 Å². The summed E-state index contributed by atoms with van der Waals surface area (Å²) in [6.45, 7) is 5.20. The molecule has 2 saturated heterocycles. The summed E-state index contributed by atoms with van der Waals surface area (Å²) in [5, 5.41) is 13.6. The highest BCUT2D eigenvalue weighted by atomic mass is 16.3. The van der Waals surface area contributed by atoms with Crippen molar-refractivity contribution < 1.29 is 9.90 Å². The number of aromatic nitrogens is 2. The lowest BCUT2D eigenvalue weighted by molar-refractivity contribution is -0.140. The Kier molecular flexibility index (Phi) is 5.78. The number of β-amino-alcohol motifs (C(OH)–C–C–N with tert-alkyl or cyclic N) is 1. The van der Waals surface area contributed by atoms with Crippen molar-refractivity contribution >= 4 is 5.91 Å². The van der Waals surface area contributed by atoms with E-state index in [0.717, 1.165) is 39.1 Å². The largest absolute Gasteiger partial charge is 0.395 e. The summed E-state index contributed by atoms with van der Waals surface area (Å²) in [6, 6.07) is 10.7. The molecule has 0 saturated carbocycles. The van der Waals surface area contributed by atoms with Gasteiger partial charge in [-0.25, -0.2) is 0 Å². The van der Waals surface area contributed by atoms with Gasteiger partial charge in [0.2, 0.25) is 5.91 Å². The molecule has 0 radical (unpaired) electrons. The molecule has 0 unspecified atom stereocenters. The quantitative estimate of drug-likeness (QED) is 0.831. The molecule has 0 bridgehead atoms. The summed E-state index contributed by atoms with van der Waals surface area (Å²) in [7, 11) is 0. The van der Waals surface area contributed by atoms with Gasteiger partial charge in [-0.05, 0) is 43.0 Å². The SMILES string of the molecule is O=C1CC[C@]2(CCCN(Cc3cccc(Cn4cccn4)c3)C2)CN1CCO. The van der Waals surface area contributed by atoms with Gasteiger partial charge in [0, 0.05) is 50.4 Å². The molecule has 28 heavy (non-hydrogen) atoms. The first-order valence-electron chi connectivity index (χ1n) is 10.3. The molecule has 0 aliphatic carbocycles. The van der Waals surface area contributed by atoms with Crippen molar-refractivity contribution in [1.82, 2.24) is 19.6 Å². The lowest BCUT2D eigenvalue weighted by Crippen LogP contribution is -2.54. The summed E-state index contributed by atoms with van der Waals surface area (Å²) in [5.41, 5.74) is 2.79. The molecule has 2 aliphatic heterocycles. The first-order valence-corrected chi connectivity index (χ1v) is 10.3. The number of carbonyl (C=O) groups excluding carboxylic acids is 1. The van der Waals surface area contributed by atoms with Crippen molar-refractivity contribution in [2.24, 2.45) is 5.41 Å². The molecular formula is C22H30N4O2. The Bertz CT molecular complexity index is 792. The Morgan fingerprint density at radius 1 is 1.11 bits per heavy atom. The first kappa shape index (κ1) is 19.2. The van der Waals surface area contributed by atoms with Gasteiger partial charge in [0.25, 0.3) is 0 Å². The Morgan fingerprint density at radius 2 is 1.96 bits per heavy atom.